The zero-order valence-corrected chi connectivity index (χ0v) is 39.2. The van der Waals surface area contributed by atoms with Crippen LogP contribution in [-0.4, -0.2) is 0 Å². The smallest absolute Gasteiger partial charge is 0.0543 e. The van der Waals surface area contributed by atoms with Gasteiger partial charge in [0.25, 0.3) is 0 Å². The molecule has 10 rings (SSSR count). The molecule has 2 nitrogen and oxygen atoms in total. The quantitative estimate of drug-likeness (QED) is 0.141. The van der Waals surface area contributed by atoms with Gasteiger partial charge in [0.2, 0.25) is 0 Å². The first kappa shape index (κ1) is 41.4. The SMILES string of the molecule is CC(C)c1cc(N(c2ccc(C(C)(C)C)cc2)c2cccc3ccccc23)c2ccc3c(C(C)C)cc(N(c4ccc(C(C)(C)C)cc4)c4cccc5ccccc45)c4ccc1c2c34. The van der Waals surface area contributed by atoms with Gasteiger partial charge in [-0.2, -0.15) is 0 Å². The van der Waals surface area contributed by atoms with Crippen LogP contribution in [0.1, 0.15) is 103 Å². The van der Waals surface area contributed by atoms with E-state index < -0.39 is 0 Å². The van der Waals surface area contributed by atoms with Crippen molar-refractivity contribution in [2.75, 3.05) is 9.80 Å². The van der Waals surface area contributed by atoms with Crippen molar-refractivity contribution in [2.45, 2.75) is 91.9 Å². The molecule has 0 amide bonds. The first-order valence-electron chi connectivity index (χ1n) is 23.2. The summed E-state index contributed by atoms with van der Waals surface area (Å²) in [6, 6.07) is 64.4. The molecule has 0 fully saturated rings. The molecule has 0 spiro atoms. The second-order valence-electron chi connectivity index (χ2n) is 20.6. The van der Waals surface area contributed by atoms with Crippen LogP contribution >= 0.6 is 0 Å². The van der Waals surface area contributed by atoms with Crippen LogP contribution in [-0.2, 0) is 10.8 Å². The second kappa shape index (κ2) is 15.6. The van der Waals surface area contributed by atoms with E-state index >= 15 is 0 Å². The summed E-state index contributed by atoms with van der Waals surface area (Å²) in [7, 11) is 0. The third-order valence-electron chi connectivity index (χ3n) is 13.6. The fourth-order valence-corrected chi connectivity index (χ4v) is 10.2. The summed E-state index contributed by atoms with van der Waals surface area (Å²) in [4.78, 5) is 5.08. The Morgan fingerprint density at radius 2 is 0.672 bits per heavy atom. The largest absolute Gasteiger partial charge is 0.309 e. The van der Waals surface area contributed by atoms with Gasteiger partial charge in [0.05, 0.1) is 22.7 Å². The van der Waals surface area contributed by atoms with Gasteiger partial charge in [-0.1, -0.05) is 191 Å². The first-order chi connectivity index (χ1) is 30.7. The average Bonchev–Trinajstić information content (AvgIpc) is 3.28. The van der Waals surface area contributed by atoms with E-state index in [0.29, 0.717) is 11.8 Å². The standard InChI is InChI=1S/C62H60N2/c1-39(2)53-37-57(63(45-29-25-43(26-30-45)61(5,6)7)55-23-15-19-41-17-11-13-21-47(41)55)51-36-34-50-54(40(3)4)38-58(52-35-33-49(53)59(51)60(50)52)64(46-31-27-44(28-32-46)62(8,9)10)56-24-16-20-42-18-12-14-22-48(42)56/h11-40H,1-10H3. The topological polar surface area (TPSA) is 6.48 Å². The lowest BCUT2D eigenvalue weighted by molar-refractivity contribution is 0.590. The molecule has 318 valence electrons. The van der Waals surface area contributed by atoms with Crippen molar-refractivity contribution in [3.05, 3.63) is 192 Å². The van der Waals surface area contributed by atoms with Crippen LogP contribution in [0.4, 0.5) is 34.1 Å². The number of fused-ring (bicyclic) bond motifs is 2. The fraction of sp³-hybridized carbons (Fsp3) is 0.226. The predicted octanol–water partition coefficient (Wildman–Crippen LogP) is 18.7. The molecule has 0 saturated heterocycles. The van der Waals surface area contributed by atoms with Crippen LogP contribution < -0.4 is 9.80 Å². The summed E-state index contributed by atoms with van der Waals surface area (Å²) in [6.45, 7) is 23.2. The van der Waals surface area contributed by atoms with E-state index in [4.69, 9.17) is 0 Å². The minimum absolute atomic E-state index is 0.0427. The molecule has 0 unspecified atom stereocenters. The summed E-state index contributed by atoms with van der Waals surface area (Å²) in [5.74, 6) is 0.581. The molecular weight excluding hydrogens is 773 g/mol. The van der Waals surface area contributed by atoms with Crippen molar-refractivity contribution < 1.29 is 0 Å². The molecule has 0 N–H and O–H groups in total. The summed E-state index contributed by atoms with van der Waals surface area (Å²) >= 11 is 0. The molecular formula is C62H60N2. The Hall–Kier alpha value is -6.64. The molecule has 0 saturated carbocycles. The van der Waals surface area contributed by atoms with Gasteiger partial charge in [-0.15, -0.1) is 0 Å². The van der Waals surface area contributed by atoms with Gasteiger partial charge in [0, 0.05) is 32.9 Å². The summed E-state index contributed by atoms with van der Waals surface area (Å²) < 4.78 is 0. The van der Waals surface area contributed by atoms with Crippen LogP contribution in [0.15, 0.2) is 170 Å². The van der Waals surface area contributed by atoms with Gasteiger partial charge in [0.15, 0.2) is 0 Å². The van der Waals surface area contributed by atoms with Crippen LogP contribution in [0, 0.1) is 0 Å². The Morgan fingerprint density at radius 1 is 0.328 bits per heavy atom. The number of nitrogens with zero attached hydrogens (tertiary/aromatic N) is 2. The maximum absolute atomic E-state index is 2.54. The molecule has 0 aliphatic carbocycles. The molecule has 10 aromatic carbocycles. The summed E-state index contributed by atoms with van der Waals surface area (Å²) in [5, 5.41) is 12.7. The highest BCUT2D eigenvalue weighted by Crippen LogP contribution is 2.52. The molecule has 0 aromatic heterocycles. The van der Waals surface area contributed by atoms with Gasteiger partial charge in [-0.3, -0.25) is 0 Å². The molecule has 0 aliphatic heterocycles. The van der Waals surface area contributed by atoms with E-state index in [0.717, 1.165) is 11.4 Å². The van der Waals surface area contributed by atoms with E-state index in [9.17, 15) is 0 Å². The highest BCUT2D eigenvalue weighted by molar-refractivity contribution is 6.30. The molecule has 10 aromatic rings. The van der Waals surface area contributed by atoms with E-state index in [1.54, 1.807) is 0 Å². The molecule has 0 atom stereocenters. The zero-order chi connectivity index (χ0) is 44.7. The van der Waals surface area contributed by atoms with E-state index in [-0.39, 0.29) is 10.8 Å². The summed E-state index contributed by atoms with van der Waals surface area (Å²) in [6.07, 6.45) is 0. The monoisotopic (exact) mass is 832 g/mol. The minimum Gasteiger partial charge on any atom is -0.309 e. The van der Waals surface area contributed by atoms with Crippen molar-refractivity contribution in [3.8, 4) is 0 Å². The fourth-order valence-electron chi connectivity index (χ4n) is 10.2. The number of benzene rings is 10. The third-order valence-corrected chi connectivity index (χ3v) is 13.6. The lowest BCUT2D eigenvalue weighted by atomic mass is 9.83. The van der Waals surface area contributed by atoms with E-state index in [2.05, 4.69) is 249 Å². The molecule has 2 heteroatoms. The Morgan fingerprint density at radius 3 is 1.03 bits per heavy atom. The van der Waals surface area contributed by atoms with Crippen molar-refractivity contribution >= 4 is 88.0 Å². The van der Waals surface area contributed by atoms with Gasteiger partial charge >= 0.3 is 0 Å². The predicted molar refractivity (Wildman–Crippen MR) is 280 cm³/mol. The number of hydrogen-bond acceptors (Lipinski definition) is 2. The zero-order valence-electron chi connectivity index (χ0n) is 39.2. The van der Waals surface area contributed by atoms with E-state index in [1.807, 2.05) is 0 Å². The van der Waals surface area contributed by atoms with E-state index in [1.165, 1.54) is 98.9 Å². The number of rotatable bonds is 8. The summed E-state index contributed by atoms with van der Waals surface area (Å²) in [5.41, 5.74) is 12.5. The maximum atomic E-state index is 2.54. The van der Waals surface area contributed by atoms with Gasteiger partial charge in [0.1, 0.15) is 0 Å². The minimum atomic E-state index is 0.0427. The third kappa shape index (κ3) is 6.96. The maximum Gasteiger partial charge on any atom is 0.0543 e. The van der Waals surface area contributed by atoms with Crippen LogP contribution in [0.2, 0.25) is 0 Å². The van der Waals surface area contributed by atoms with Gasteiger partial charge in [-0.05, 0) is 126 Å². The normalized spacial score (nSPS) is 12.5. The van der Waals surface area contributed by atoms with Crippen molar-refractivity contribution in [3.63, 3.8) is 0 Å². The number of anilines is 6. The number of hydrogen-bond donors (Lipinski definition) is 0. The lowest BCUT2D eigenvalue weighted by Crippen LogP contribution is -2.15. The first-order valence-corrected chi connectivity index (χ1v) is 23.2. The lowest BCUT2D eigenvalue weighted by Gasteiger charge is -2.32. The van der Waals surface area contributed by atoms with Gasteiger partial charge < -0.3 is 9.80 Å². The molecule has 0 heterocycles. The Balaban J connectivity index is 1.33. The van der Waals surface area contributed by atoms with Crippen molar-refractivity contribution in [1.29, 1.82) is 0 Å². The molecule has 0 aliphatic rings. The average molecular weight is 833 g/mol. The molecule has 64 heavy (non-hydrogen) atoms. The van der Waals surface area contributed by atoms with Crippen LogP contribution in [0.25, 0.3) is 53.9 Å². The Bertz CT molecular complexity index is 3100. The molecule has 0 radical (unpaired) electrons. The highest BCUT2D eigenvalue weighted by atomic mass is 15.2. The highest BCUT2D eigenvalue weighted by Gasteiger charge is 2.28. The Kier molecular flexibility index (Phi) is 10.1. The van der Waals surface area contributed by atoms with Gasteiger partial charge in [-0.25, -0.2) is 0 Å². The Labute approximate surface area is 380 Å². The van der Waals surface area contributed by atoms with Crippen molar-refractivity contribution in [2.24, 2.45) is 0 Å². The van der Waals surface area contributed by atoms with Crippen LogP contribution in [0.3, 0.4) is 0 Å². The second-order valence-corrected chi connectivity index (χ2v) is 20.6. The van der Waals surface area contributed by atoms with Crippen molar-refractivity contribution in [1.82, 2.24) is 0 Å². The molecule has 0 bridgehead atoms. The van der Waals surface area contributed by atoms with Crippen LogP contribution in [0.5, 0.6) is 0 Å².